The van der Waals surface area contributed by atoms with Crippen LogP contribution in [0.4, 0.5) is 11.5 Å². The van der Waals surface area contributed by atoms with Gasteiger partial charge in [-0.3, -0.25) is 0 Å². The molecule has 0 aliphatic carbocycles. The summed E-state index contributed by atoms with van der Waals surface area (Å²) in [6, 6.07) is 4.57. The molecule has 2 heterocycles. The van der Waals surface area contributed by atoms with Gasteiger partial charge in [0.2, 0.25) is 0 Å². The normalized spacial score (nSPS) is 10.6. The second-order valence-electron chi connectivity index (χ2n) is 4.92. The topological polar surface area (TPSA) is 114 Å². The van der Waals surface area contributed by atoms with Crippen molar-refractivity contribution in [1.82, 2.24) is 19.6 Å². The number of carboxylic acids is 1. The zero-order valence-electron chi connectivity index (χ0n) is 13.2. The minimum Gasteiger partial charge on any atom is -0.545 e. The second-order valence-corrected chi connectivity index (χ2v) is 4.92. The lowest BCUT2D eigenvalue weighted by molar-refractivity contribution is -0.254. The molecule has 9 nitrogen and oxygen atoms in total. The number of aromatic carboxylic acids is 1. The fourth-order valence-electron chi connectivity index (χ4n) is 2.31. The van der Waals surface area contributed by atoms with Gasteiger partial charge in [0.1, 0.15) is 12.1 Å². The van der Waals surface area contributed by atoms with E-state index >= 15 is 0 Å². The summed E-state index contributed by atoms with van der Waals surface area (Å²) < 4.78 is 11.8. The Labute approximate surface area is 136 Å². The molecule has 24 heavy (non-hydrogen) atoms. The maximum Gasteiger partial charge on any atom is 0.254 e. The second kappa shape index (κ2) is 6.03. The van der Waals surface area contributed by atoms with Crippen LogP contribution >= 0.6 is 0 Å². The van der Waals surface area contributed by atoms with E-state index in [0.29, 0.717) is 28.8 Å². The third-order valence-electron chi connectivity index (χ3n) is 3.39. The standard InChI is InChI=1S/C15H15N5O4/c1-8-4-13(20-15(18-8)16-7-17-20)19-10-6-12(24-3)11(23-2)5-9(10)14(21)22/h4-7,19H,1-3H3,(H,21,22)/p-1. The number of rotatable bonds is 5. The van der Waals surface area contributed by atoms with Gasteiger partial charge in [-0.1, -0.05) is 0 Å². The molecule has 0 aliphatic heterocycles. The van der Waals surface area contributed by atoms with Gasteiger partial charge in [0, 0.05) is 23.4 Å². The minimum atomic E-state index is -1.35. The molecule has 0 saturated heterocycles. The van der Waals surface area contributed by atoms with Crippen molar-refractivity contribution in [2.75, 3.05) is 19.5 Å². The number of hydrogen-bond donors (Lipinski definition) is 1. The quantitative estimate of drug-likeness (QED) is 0.722. The predicted octanol–water partition coefficient (Wildman–Crippen LogP) is 0.557. The van der Waals surface area contributed by atoms with Crippen LogP contribution in [0.25, 0.3) is 5.78 Å². The molecule has 0 fully saturated rings. The molecular formula is C15H14N5O4-. The number of carbonyl (C=O) groups is 1. The first-order valence-corrected chi connectivity index (χ1v) is 6.95. The van der Waals surface area contributed by atoms with Gasteiger partial charge in [0.25, 0.3) is 5.78 Å². The van der Waals surface area contributed by atoms with Crippen molar-refractivity contribution in [3.8, 4) is 11.5 Å². The van der Waals surface area contributed by atoms with E-state index in [9.17, 15) is 9.90 Å². The summed E-state index contributed by atoms with van der Waals surface area (Å²) in [5.74, 6) is 0.224. The molecule has 0 aliphatic rings. The minimum absolute atomic E-state index is 0.0737. The Morgan fingerprint density at radius 3 is 2.58 bits per heavy atom. The van der Waals surface area contributed by atoms with Gasteiger partial charge in [-0.05, 0) is 13.0 Å². The van der Waals surface area contributed by atoms with E-state index in [0.717, 1.165) is 0 Å². The van der Waals surface area contributed by atoms with Crippen LogP contribution in [0.1, 0.15) is 16.1 Å². The van der Waals surface area contributed by atoms with Gasteiger partial charge < -0.3 is 24.7 Å². The van der Waals surface area contributed by atoms with Crippen LogP contribution in [0.3, 0.4) is 0 Å². The van der Waals surface area contributed by atoms with E-state index in [1.54, 1.807) is 13.0 Å². The Morgan fingerprint density at radius 2 is 1.92 bits per heavy atom. The molecular weight excluding hydrogens is 314 g/mol. The summed E-state index contributed by atoms with van der Waals surface area (Å²) in [7, 11) is 2.89. The number of nitrogens with one attached hydrogen (secondary N) is 1. The van der Waals surface area contributed by atoms with Crippen LogP contribution in [-0.4, -0.2) is 39.8 Å². The molecule has 1 aromatic carbocycles. The molecule has 124 valence electrons. The summed E-state index contributed by atoms with van der Waals surface area (Å²) >= 11 is 0. The summed E-state index contributed by atoms with van der Waals surface area (Å²) in [5.41, 5.74) is 0.902. The molecule has 3 rings (SSSR count). The lowest BCUT2D eigenvalue weighted by atomic mass is 10.1. The highest BCUT2D eigenvalue weighted by Gasteiger charge is 2.14. The van der Waals surface area contributed by atoms with Crippen molar-refractivity contribution in [3.63, 3.8) is 0 Å². The van der Waals surface area contributed by atoms with Crippen molar-refractivity contribution in [2.45, 2.75) is 6.92 Å². The van der Waals surface area contributed by atoms with Crippen molar-refractivity contribution >= 4 is 23.3 Å². The third-order valence-corrected chi connectivity index (χ3v) is 3.39. The van der Waals surface area contributed by atoms with E-state index < -0.39 is 5.97 Å². The molecule has 0 amide bonds. The molecule has 0 atom stereocenters. The van der Waals surface area contributed by atoms with Gasteiger partial charge >= 0.3 is 0 Å². The molecule has 9 heteroatoms. The molecule has 0 spiro atoms. The van der Waals surface area contributed by atoms with E-state index in [2.05, 4.69) is 20.4 Å². The van der Waals surface area contributed by atoms with E-state index in [4.69, 9.17) is 9.47 Å². The van der Waals surface area contributed by atoms with Gasteiger partial charge in [-0.25, -0.2) is 4.98 Å². The van der Waals surface area contributed by atoms with E-state index in [-0.39, 0.29) is 11.3 Å². The number of ether oxygens (including phenoxy) is 2. The highest BCUT2D eigenvalue weighted by Crippen LogP contribution is 2.34. The number of methoxy groups -OCH3 is 2. The van der Waals surface area contributed by atoms with Crippen LogP contribution in [0.15, 0.2) is 24.5 Å². The number of benzene rings is 1. The molecule has 3 aromatic rings. The number of nitrogens with zero attached hydrogens (tertiary/aromatic N) is 4. The van der Waals surface area contributed by atoms with Gasteiger partial charge in [0.15, 0.2) is 11.5 Å². The van der Waals surface area contributed by atoms with Crippen molar-refractivity contribution < 1.29 is 19.4 Å². The number of carbonyl (C=O) groups excluding carboxylic acids is 1. The maximum absolute atomic E-state index is 11.5. The molecule has 0 saturated carbocycles. The van der Waals surface area contributed by atoms with Crippen molar-refractivity contribution in [3.05, 3.63) is 35.8 Å². The summed E-state index contributed by atoms with van der Waals surface area (Å²) in [4.78, 5) is 19.7. The van der Waals surface area contributed by atoms with E-state index in [1.807, 2.05) is 0 Å². The first kappa shape index (κ1) is 15.5. The molecule has 0 radical (unpaired) electrons. The lowest BCUT2D eigenvalue weighted by Crippen LogP contribution is -2.23. The van der Waals surface area contributed by atoms with Gasteiger partial charge in [-0.2, -0.15) is 14.6 Å². The highest BCUT2D eigenvalue weighted by molar-refractivity contribution is 5.95. The zero-order valence-corrected chi connectivity index (χ0v) is 13.2. The smallest absolute Gasteiger partial charge is 0.254 e. The monoisotopic (exact) mass is 328 g/mol. The maximum atomic E-state index is 11.5. The molecule has 0 bridgehead atoms. The largest absolute Gasteiger partial charge is 0.545 e. The number of anilines is 2. The van der Waals surface area contributed by atoms with Crippen LogP contribution in [-0.2, 0) is 0 Å². The number of fused-ring (bicyclic) bond motifs is 1. The van der Waals surface area contributed by atoms with Crippen LogP contribution < -0.4 is 19.9 Å². The summed E-state index contributed by atoms with van der Waals surface area (Å²) in [6.07, 6.45) is 1.36. The number of aromatic nitrogens is 4. The lowest BCUT2D eigenvalue weighted by Gasteiger charge is -2.17. The van der Waals surface area contributed by atoms with Gasteiger partial charge in [0.05, 0.1) is 25.9 Å². The fourth-order valence-corrected chi connectivity index (χ4v) is 2.31. The van der Waals surface area contributed by atoms with E-state index in [1.165, 1.54) is 37.2 Å². The van der Waals surface area contributed by atoms with Crippen LogP contribution in [0.2, 0.25) is 0 Å². The van der Waals surface area contributed by atoms with Crippen molar-refractivity contribution in [1.29, 1.82) is 0 Å². The molecule has 1 N–H and O–H groups in total. The average Bonchev–Trinajstić information content (AvgIpc) is 3.02. The first-order valence-electron chi connectivity index (χ1n) is 6.95. The zero-order chi connectivity index (χ0) is 17.3. The van der Waals surface area contributed by atoms with Crippen molar-refractivity contribution in [2.24, 2.45) is 0 Å². The van der Waals surface area contributed by atoms with Crippen LogP contribution in [0.5, 0.6) is 11.5 Å². The Morgan fingerprint density at radius 1 is 1.21 bits per heavy atom. The Kier molecular flexibility index (Phi) is 3.90. The Hall–Kier alpha value is -3.36. The fraction of sp³-hybridized carbons (Fsp3) is 0.200. The first-order chi connectivity index (χ1) is 11.5. The highest BCUT2D eigenvalue weighted by atomic mass is 16.5. The number of aryl methyl sites for hydroxylation is 1. The number of hydrogen-bond acceptors (Lipinski definition) is 8. The number of carboxylic acid groups (broad SMARTS) is 1. The summed E-state index contributed by atoms with van der Waals surface area (Å²) in [5, 5.41) is 18.5. The summed E-state index contributed by atoms with van der Waals surface area (Å²) in [6.45, 7) is 1.80. The average molecular weight is 328 g/mol. The Balaban J connectivity index is 2.14. The molecule has 0 unspecified atom stereocenters. The molecule has 2 aromatic heterocycles. The Bertz CT molecular complexity index is 922. The SMILES string of the molecule is COc1cc(Nc2cc(C)nc3ncnn23)c(C(=O)[O-])cc1OC. The third kappa shape index (κ3) is 2.67. The predicted molar refractivity (Wildman–Crippen MR) is 82.7 cm³/mol. The van der Waals surface area contributed by atoms with Gasteiger partial charge in [-0.15, -0.1) is 0 Å². The van der Waals surface area contributed by atoms with Crippen LogP contribution in [0, 0.1) is 6.92 Å².